The van der Waals surface area contributed by atoms with Crippen molar-refractivity contribution >= 4 is 11.8 Å². The number of amides is 2. The lowest BCUT2D eigenvalue weighted by Gasteiger charge is -2.14. The fourth-order valence-corrected chi connectivity index (χ4v) is 3.31. The first-order valence-corrected chi connectivity index (χ1v) is 10.5. The lowest BCUT2D eigenvalue weighted by Crippen LogP contribution is -2.50. The molecule has 0 radical (unpaired) electrons. The maximum Gasteiger partial charge on any atom is 0.267 e. The van der Waals surface area contributed by atoms with Crippen molar-refractivity contribution in [1.82, 2.24) is 16.1 Å². The van der Waals surface area contributed by atoms with Crippen LogP contribution >= 0.6 is 0 Å². The molecule has 6 N–H and O–H groups in total. The highest BCUT2D eigenvalue weighted by Gasteiger charge is 2.19. The molecule has 0 aliphatic heterocycles. The quantitative estimate of drug-likeness (QED) is 0.239. The van der Waals surface area contributed by atoms with Crippen LogP contribution in [-0.2, 0) is 17.9 Å². The van der Waals surface area contributed by atoms with Gasteiger partial charge in [-0.25, -0.2) is 5.48 Å². The van der Waals surface area contributed by atoms with Crippen molar-refractivity contribution < 1.29 is 19.5 Å². The Balaban J connectivity index is 1.55. The third-order valence-corrected chi connectivity index (χ3v) is 5.19. The first-order chi connectivity index (χ1) is 16.0. The minimum Gasteiger partial charge on any atom is -0.497 e. The SMILES string of the molecule is COc1cccc(CNCc2ccc(-c3ccc(C(=O)N[C@@H](CN)C(=O)NO)cc3)cc2)c1. The van der Waals surface area contributed by atoms with E-state index in [2.05, 4.69) is 28.8 Å². The summed E-state index contributed by atoms with van der Waals surface area (Å²) in [6, 6.07) is 22.2. The molecule has 1 atom stereocenters. The van der Waals surface area contributed by atoms with Crippen molar-refractivity contribution in [2.24, 2.45) is 5.73 Å². The minimum absolute atomic E-state index is 0.128. The van der Waals surface area contributed by atoms with Gasteiger partial charge in [0.2, 0.25) is 0 Å². The lowest BCUT2D eigenvalue weighted by molar-refractivity contribution is -0.130. The monoisotopic (exact) mass is 448 g/mol. The van der Waals surface area contributed by atoms with Gasteiger partial charge < -0.3 is 21.1 Å². The van der Waals surface area contributed by atoms with Crippen LogP contribution in [0, 0.1) is 0 Å². The van der Waals surface area contributed by atoms with Crippen LogP contribution in [0.4, 0.5) is 0 Å². The number of benzene rings is 3. The van der Waals surface area contributed by atoms with Crippen molar-refractivity contribution in [2.75, 3.05) is 13.7 Å². The highest BCUT2D eigenvalue weighted by Crippen LogP contribution is 2.21. The second-order valence-corrected chi connectivity index (χ2v) is 7.47. The van der Waals surface area contributed by atoms with E-state index in [1.807, 2.05) is 42.5 Å². The zero-order valence-corrected chi connectivity index (χ0v) is 18.4. The number of hydroxylamine groups is 1. The van der Waals surface area contributed by atoms with Crippen LogP contribution in [0.25, 0.3) is 11.1 Å². The van der Waals surface area contributed by atoms with Gasteiger partial charge in [0.1, 0.15) is 11.8 Å². The molecular formula is C25H28N4O4. The van der Waals surface area contributed by atoms with Gasteiger partial charge in [-0.15, -0.1) is 0 Å². The molecule has 0 heterocycles. The summed E-state index contributed by atoms with van der Waals surface area (Å²) in [5, 5.41) is 14.6. The van der Waals surface area contributed by atoms with E-state index >= 15 is 0 Å². The second kappa shape index (κ2) is 11.8. The van der Waals surface area contributed by atoms with Crippen LogP contribution in [0.3, 0.4) is 0 Å². The summed E-state index contributed by atoms with van der Waals surface area (Å²) in [5.41, 5.74) is 11.7. The Labute approximate surface area is 192 Å². The molecule has 0 bridgehead atoms. The number of carbonyl (C=O) groups is 2. The second-order valence-electron chi connectivity index (χ2n) is 7.47. The number of hydrogen-bond donors (Lipinski definition) is 5. The molecule has 0 fully saturated rings. The predicted molar refractivity (Wildman–Crippen MR) is 126 cm³/mol. The van der Waals surface area contributed by atoms with Gasteiger partial charge in [-0.1, -0.05) is 48.5 Å². The lowest BCUT2D eigenvalue weighted by atomic mass is 10.0. The topological polar surface area (TPSA) is 126 Å². The fourth-order valence-electron chi connectivity index (χ4n) is 3.31. The minimum atomic E-state index is -1.01. The Morgan fingerprint density at radius 2 is 1.58 bits per heavy atom. The van der Waals surface area contributed by atoms with E-state index in [-0.39, 0.29) is 6.54 Å². The fraction of sp³-hybridized carbons (Fsp3) is 0.200. The molecule has 3 aromatic carbocycles. The predicted octanol–water partition coefficient (Wildman–Crippen LogP) is 2.21. The first kappa shape index (κ1) is 23.9. The van der Waals surface area contributed by atoms with Gasteiger partial charge in [-0.3, -0.25) is 14.8 Å². The number of hydrogen-bond acceptors (Lipinski definition) is 6. The van der Waals surface area contributed by atoms with Gasteiger partial charge in [0.05, 0.1) is 7.11 Å². The summed E-state index contributed by atoms with van der Waals surface area (Å²) < 4.78 is 5.25. The van der Waals surface area contributed by atoms with Gasteiger partial charge in [0, 0.05) is 25.2 Å². The van der Waals surface area contributed by atoms with Crippen LogP contribution in [-0.4, -0.2) is 36.7 Å². The number of rotatable bonds is 10. The molecule has 0 saturated carbocycles. The van der Waals surface area contributed by atoms with Crippen LogP contribution in [0.5, 0.6) is 5.75 Å². The van der Waals surface area contributed by atoms with E-state index in [1.165, 1.54) is 5.48 Å². The maximum atomic E-state index is 12.3. The third-order valence-electron chi connectivity index (χ3n) is 5.19. The Morgan fingerprint density at radius 1 is 0.939 bits per heavy atom. The number of methoxy groups -OCH3 is 1. The molecule has 0 aliphatic rings. The maximum absolute atomic E-state index is 12.3. The van der Waals surface area contributed by atoms with Gasteiger partial charge in [0.15, 0.2) is 0 Å². The Bertz CT molecular complexity index is 1070. The third kappa shape index (κ3) is 6.63. The van der Waals surface area contributed by atoms with Crippen molar-refractivity contribution in [3.8, 4) is 16.9 Å². The van der Waals surface area contributed by atoms with Crippen LogP contribution in [0.1, 0.15) is 21.5 Å². The summed E-state index contributed by atoms with van der Waals surface area (Å²) in [5.74, 6) is -0.365. The van der Waals surface area contributed by atoms with Gasteiger partial charge in [0.25, 0.3) is 11.8 Å². The summed E-state index contributed by atoms with van der Waals surface area (Å²) in [7, 11) is 1.66. The van der Waals surface area contributed by atoms with Gasteiger partial charge in [-0.2, -0.15) is 0 Å². The zero-order valence-electron chi connectivity index (χ0n) is 18.4. The molecule has 0 unspecified atom stereocenters. The molecule has 3 rings (SSSR count). The van der Waals surface area contributed by atoms with Crippen LogP contribution in [0.15, 0.2) is 72.8 Å². The largest absolute Gasteiger partial charge is 0.497 e. The van der Waals surface area contributed by atoms with E-state index in [0.717, 1.165) is 41.1 Å². The Morgan fingerprint density at radius 3 is 2.18 bits per heavy atom. The van der Waals surface area contributed by atoms with Crippen molar-refractivity contribution in [3.63, 3.8) is 0 Å². The average Bonchev–Trinajstić information content (AvgIpc) is 2.87. The number of nitrogens with one attached hydrogen (secondary N) is 3. The first-order valence-electron chi connectivity index (χ1n) is 10.5. The molecule has 0 saturated heterocycles. The van der Waals surface area contributed by atoms with E-state index in [9.17, 15) is 9.59 Å². The van der Waals surface area contributed by atoms with E-state index < -0.39 is 17.9 Å². The van der Waals surface area contributed by atoms with Crippen molar-refractivity contribution in [1.29, 1.82) is 0 Å². The van der Waals surface area contributed by atoms with Gasteiger partial charge in [-0.05, 0) is 46.5 Å². The van der Waals surface area contributed by atoms with E-state index in [0.29, 0.717) is 5.56 Å². The molecule has 0 aromatic heterocycles. The molecule has 0 spiro atoms. The molecule has 172 valence electrons. The number of carbonyl (C=O) groups excluding carboxylic acids is 2. The molecule has 8 nitrogen and oxygen atoms in total. The molecule has 3 aromatic rings. The average molecular weight is 449 g/mol. The molecule has 33 heavy (non-hydrogen) atoms. The van der Waals surface area contributed by atoms with Crippen LogP contribution < -0.4 is 26.6 Å². The Hall–Kier alpha value is -3.72. The summed E-state index contributed by atoms with van der Waals surface area (Å²) in [6.45, 7) is 1.35. The zero-order chi connectivity index (χ0) is 23.6. The molecular weight excluding hydrogens is 420 g/mol. The molecule has 0 aliphatic carbocycles. The summed E-state index contributed by atoms with van der Waals surface area (Å²) in [6.07, 6.45) is 0. The molecule has 8 heteroatoms. The van der Waals surface area contributed by atoms with E-state index in [4.69, 9.17) is 15.7 Å². The normalized spacial score (nSPS) is 11.5. The van der Waals surface area contributed by atoms with Crippen molar-refractivity contribution in [2.45, 2.75) is 19.1 Å². The van der Waals surface area contributed by atoms with Gasteiger partial charge >= 0.3 is 0 Å². The van der Waals surface area contributed by atoms with Crippen molar-refractivity contribution in [3.05, 3.63) is 89.5 Å². The molecule has 2 amide bonds. The summed E-state index contributed by atoms with van der Waals surface area (Å²) in [4.78, 5) is 23.8. The highest BCUT2D eigenvalue weighted by atomic mass is 16.5. The van der Waals surface area contributed by atoms with E-state index in [1.54, 1.807) is 19.2 Å². The Kier molecular flexibility index (Phi) is 8.54. The number of nitrogens with two attached hydrogens (primary N) is 1. The number of ether oxygens (including phenoxy) is 1. The summed E-state index contributed by atoms with van der Waals surface area (Å²) >= 11 is 0. The van der Waals surface area contributed by atoms with Crippen LogP contribution in [0.2, 0.25) is 0 Å². The smallest absolute Gasteiger partial charge is 0.267 e. The standard InChI is InChI=1S/C25H28N4O4/c1-33-22-4-2-3-18(13-22)16-27-15-17-5-7-19(8-6-17)20-9-11-21(12-10-20)24(30)28-23(14-26)25(31)29-32/h2-13,23,27,32H,14-16,26H2,1H3,(H,28,30)(H,29,31)/t23-/m0/s1. The highest BCUT2D eigenvalue weighted by molar-refractivity contribution is 5.97.